The van der Waals surface area contributed by atoms with Crippen LogP contribution in [0, 0.1) is 5.92 Å². The summed E-state index contributed by atoms with van der Waals surface area (Å²) in [6.45, 7) is 5.99. The first-order valence-electron chi connectivity index (χ1n) is 8.75. The number of amides is 1. The van der Waals surface area contributed by atoms with Crippen LogP contribution in [0.2, 0.25) is 0 Å². The van der Waals surface area contributed by atoms with Gasteiger partial charge in [-0.25, -0.2) is 9.97 Å². The summed E-state index contributed by atoms with van der Waals surface area (Å²) >= 11 is 0. The smallest absolute Gasteiger partial charge is 0.303 e. The van der Waals surface area contributed by atoms with Crippen molar-refractivity contribution in [2.24, 2.45) is 5.92 Å². The van der Waals surface area contributed by atoms with E-state index in [0.29, 0.717) is 12.3 Å². The number of hydrogen-bond acceptors (Lipinski definition) is 4. The summed E-state index contributed by atoms with van der Waals surface area (Å²) in [4.78, 5) is 34.7. The molecule has 1 amide bonds. The summed E-state index contributed by atoms with van der Waals surface area (Å²) < 4.78 is 0. The number of aliphatic carboxylic acids is 1. The second kappa shape index (κ2) is 6.49. The zero-order valence-electron chi connectivity index (χ0n) is 14.5. The van der Waals surface area contributed by atoms with E-state index in [1.54, 1.807) is 0 Å². The Balaban J connectivity index is 1.78. The molecule has 2 aliphatic heterocycles. The molecule has 3 heterocycles. The van der Waals surface area contributed by atoms with Gasteiger partial charge in [-0.3, -0.25) is 9.59 Å². The number of hydrogen-bond donors (Lipinski definition) is 1. The van der Waals surface area contributed by atoms with Crippen LogP contribution in [0.5, 0.6) is 0 Å². The summed E-state index contributed by atoms with van der Waals surface area (Å²) in [5.41, 5.74) is 2.16. The third kappa shape index (κ3) is 3.14. The number of carbonyl (C=O) groups is 2. The molecule has 1 aromatic rings. The molecule has 1 fully saturated rings. The number of carbonyl (C=O) groups excluding carboxylic acids is 1. The molecule has 0 aliphatic carbocycles. The van der Waals surface area contributed by atoms with Gasteiger partial charge in [-0.05, 0) is 18.8 Å². The van der Waals surface area contributed by atoms with Crippen LogP contribution in [0.15, 0.2) is 6.20 Å². The van der Waals surface area contributed by atoms with Crippen molar-refractivity contribution in [2.75, 3.05) is 0 Å². The minimum Gasteiger partial charge on any atom is -0.481 e. The lowest BCUT2D eigenvalue weighted by Crippen LogP contribution is -2.43. The SMILES string of the molecule is CC(CC(=O)O)CC(=O)N1C2CCC1c1cnc(C(C)C)nc1C2. The highest BCUT2D eigenvalue weighted by Gasteiger charge is 2.43. The van der Waals surface area contributed by atoms with Crippen LogP contribution < -0.4 is 0 Å². The van der Waals surface area contributed by atoms with Crippen LogP contribution in [0.4, 0.5) is 0 Å². The highest BCUT2D eigenvalue weighted by atomic mass is 16.4. The normalized spacial score (nSPS) is 23.2. The minimum atomic E-state index is -0.850. The van der Waals surface area contributed by atoms with Gasteiger partial charge in [-0.2, -0.15) is 0 Å². The van der Waals surface area contributed by atoms with Crippen molar-refractivity contribution in [2.45, 2.75) is 70.9 Å². The maximum absolute atomic E-state index is 12.7. The highest BCUT2D eigenvalue weighted by molar-refractivity contribution is 5.79. The summed E-state index contributed by atoms with van der Waals surface area (Å²) in [5.74, 6) is 0.231. The molecule has 1 N–H and O–H groups in total. The van der Waals surface area contributed by atoms with Crippen LogP contribution >= 0.6 is 0 Å². The van der Waals surface area contributed by atoms with Crippen LogP contribution in [0.3, 0.4) is 0 Å². The first-order valence-corrected chi connectivity index (χ1v) is 8.75. The molecule has 3 unspecified atom stereocenters. The van der Waals surface area contributed by atoms with Gasteiger partial charge in [0.05, 0.1) is 11.7 Å². The zero-order valence-corrected chi connectivity index (χ0v) is 14.5. The van der Waals surface area contributed by atoms with E-state index in [1.165, 1.54) is 0 Å². The Hall–Kier alpha value is -1.98. The molecule has 0 spiro atoms. The third-order valence-electron chi connectivity index (χ3n) is 5.06. The molecule has 130 valence electrons. The fourth-order valence-corrected chi connectivity index (χ4v) is 3.92. The molecule has 0 radical (unpaired) electrons. The molecule has 3 rings (SSSR count). The van der Waals surface area contributed by atoms with E-state index in [9.17, 15) is 9.59 Å². The average molecular weight is 331 g/mol. The van der Waals surface area contributed by atoms with Gasteiger partial charge in [0.1, 0.15) is 5.82 Å². The molecule has 2 aliphatic rings. The Kier molecular flexibility index (Phi) is 4.56. The second-order valence-corrected chi connectivity index (χ2v) is 7.44. The zero-order chi connectivity index (χ0) is 17.4. The molecule has 3 atom stereocenters. The van der Waals surface area contributed by atoms with Gasteiger partial charge < -0.3 is 10.0 Å². The van der Waals surface area contributed by atoms with Crippen molar-refractivity contribution in [1.82, 2.24) is 14.9 Å². The van der Waals surface area contributed by atoms with Gasteiger partial charge in [0, 0.05) is 43.0 Å². The second-order valence-electron chi connectivity index (χ2n) is 7.44. The molecule has 6 nitrogen and oxygen atoms in total. The molecule has 24 heavy (non-hydrogen) atoms. The molecule has 6 heteroatoms. The number of nitrogens with zero attached hydrogens (tertiary/aromatic N) is 3. The van der Waals surface area contributed by atoms with Gasteiger partial charge in [0.2, 0.25) is 5.91 Å². The number of carboxylic acids is 1. The van der Waals surface area contributed by atoms with E-state index in [1.807, 2.05) is 18.0 Å². The van der Waals surface area contributed by atoms with Crippen molar-refractivity contribution in [3.05, 3.63) is 23.3 Å². The summed E-state index contributed by atoms with van der Waals surface area (Å²) in [5, 5.41) is 8.88. The van der Waals surface area contributed by atoms with Gasteiger partial charge in [0.15, 0.2) is 0 Å². The number of rotatable bonds is 5. The van der Waals surface area contributed by atoms with E-state index < -0.39 is 5.97 Å². The predicted molar refractivity (Wildman–Crippen MR) is 88.5 cm³/mol. The highest BCUT2D eigenvalue weighted by Crippen LogP contribution is 2.43. The Morgan fingerprint density at radius 3 is 2.71 bits per heavy atom. The number of aromatic nitrogens is 2. The van der Waals surface area contributed by atoms with Crippen LogP contribution in [0.1, 0.15) is 75.5 Å². The van der Waals surface area contributed by atoms with Crippen LogP contribution in [-0.4, -0.2) is 37.9 Å². The van der Waals surface area contributed by atoms with Crippen molar-refractivity contribution in [3.63, 3.8) is 0 Å². The average Bonchev–Trinajstić information content (AvgIpc) is 2.81. The van der Waals surface area contributed by atoms with E-state index >= 15 is 0 Å². The summed E-state index contributed by atoms with van der Waals surface area (Å²) in [6, 6.07) is 0.256. The minimum absolute atomic E-state index is 0.0341. The predicted octanol–water partition coefficient (Wildman–Crippen LogP) is 2.69. The summed E-state index contributed by atoms with van der Waals surface area (Å²) in [6.07, 6.45) is 4.93. The molecular formula is C18H25N3O3. The van der Waals surface area contributed by atoms with Crippen molar-refractivity contribution in [3.8, 4) is 0 Å². The van der Waals surface area contributed by atoms with E-state index in [0.717, 1.165) is 36.3 Å². The fraction of sp³-hybridized carbons (Fsp3) is 0.667. The van der Waals surface area contributed by atoms with Gasteiger partial charge in [-0.15, -0.1) is 0 Å². The van der Waals surface area contributed by atoms with E-state index in [4.69, 9.17) is 10.1 Å². The summed E-state index contributed by atoms with van der Waals surface area (Å²) in [7, 11) is 0. The molecule has 1 aromatic heterocycles. The standard InChI is InChI=1S/C18H25N3O3/c1-10(2)18-19-9-13-14(20-18)8-12-4-5-15(13)21(12)16(22)6-11(3)7-17(23)24/h9-12,15H,4-8H2,1-3H3,(H,23,24). The third-order valence-corrected chi connectivity index (χ3v) is 5.06. The lowest BCUT2D eigenvalue weighted by atomic mass is 9.96. The topological polar surface area (TPSA) is 83.4 Å². The molecular weight excluding hydrogens is 306 g/mol. The van der Waals surface area contributed by atoms with E-state index in [2.05, 4.69) is 18.8 Å². The molecule has 2 bridgehead atoms. The van der Waals surface area contributed by atoms with Gasteiger partial charge in [-0.1, -0.05) is 20.8 Å². The monoisotopic (exact) mass is 331 g/mol. The first kappa shape index (κ1) is 16.9. The van der Waals surface area contributed by atoms with E-state index in [-0.39, 0.29) is 30.3 Å². The fourth-order valence-electron chi connectivity index (χ4n) is 3.92. The Bertz CT molecular complexity index is 659. The first-order chi connectivity index (χ1) is 11.4. The Morgan fingerprint density at radius 2 is 2.04 bits per heavy atom. The lowest BCUT2D eigenvalue weighted by Gasteiger charge is -2.36. The van der Waals surface area contributed by atoms with Crippen molar-refractivity contribution >= 4 is 11.9 Å². The maximum Gasteiger partial charge on any atom is 0.303 e. The molecule has 0 aromatic carbocycles. The van der Waals surface area contributed by atoms with Crippen molar-refractivity contribution in [1.29, 1.82) is 0 Å². The number of fused-ring (bicyclic) bond motifs is 4. The van der Waals surface area contributed by atoms with Crippen LogP contribution in [0.25, 0.3) is 0 Å². The maximum atomic E-state index is 12.7. The Morgan fingerprint density at radius 1 is 1.29 bits per heavy atom. The van der Waals surface area contributed by atoms with Gasteiger partial charge >= 0.3 is 5.97 Å². The largest absolute Gasteiger partial charge is 0.481 e. The van der Waals surface area contributed by atoms with Gasteiger partial charge in [0.25, 0.3) is 0 Å². The van der Waals surface area contributed by atoms with Crippen LogP contribution in [-0.2, 0) is 16.0 Å². The lowest BCUT2D eigenvalue weighted by molar-refractivity contribution is -0.139. The quantitative estimate of drug-likeness (QED) is 0.897. The van der Waals surface area contributed by atoms with Crippen molar-refractivity contribution < 1.29 is 14.7 Å². The number of carboxylic acid groups (broad SMARTS) is 1. The molecule has 0 saturated carbocycles. The molecule has 1 saturated heterocycles. The Labute approximate surface area is 142 Å².